The van der Waals surface area contributed by atoms with Crippen LogP contribution in [0.3, 0.4) is 0 Å². The van der Waals surface area contributed by atoms with E-state index in [2.05, 4.69) is 15.4 Å². The first-order chi connectivity index (χ1) is 11.6. The Morgan fingerprint density at radius 1 is 1.29 bits per heavy atom. The first-order valence-electron chi connectivity index (χ1n) is 8.03. The molecule has 2 N–H and O–H groups in total. The van der Waals surface area contributed by atoms with Gasteiger partial charge in [-0.2, -0.15) is 0 Å². The van der Waals surface area contributed by atoms with Crippen LogP contribution in [0.1, 0.15) is 40.5 Å². The van der Waals surface area contributed by atoms with Crippen LogP contribution in [-0.2, 0) is 13.0 Å². The largest absolute Gasteiger partial charge is 0.348 e. The molecule has 0 radical (unpaired) electrons. The molecule has 24 heavy (non-hydrogen) atoms. The zero-order valence-corrected chi connectivity index (χ0v) is 13.8. The number of rotatable bonds is 5. The first-order valence-corrected chi connectivity index (χ1v) is 8.03. The average molecular weight is 324 g/mol. The Morgan fingerprint density at radius 3 is 2.75 bits per heavy atom. The van der Waals surface area contributed by atoms with Crippen LogP contribution < -0.4 is 10.9 Å². The number of carbonyl (C=O) groups is 1. The number of benzene rings is 1. The molecule has 0 fully saturated rings. The predicted octanol–water partition coefficient (Wildman–Crippen LogP) is 2.21. The van der Waals surface area contributed by atoms with Gasteiger partial charge < -0.3 is 5.32 Å². The monoisotopic (exact) mass is 324 g/mol. The number of aromatic nitrogens is 3. The van der Waals surface area contributed by atoms with Crippen molar-refractivity contribution in [3.8, 4) is 0 Å². The van der Waals surface area contributed by atoms with Gasteiger partial charge in [-0.05, 0) is 18.9 Å². The van der Waals surface area contributed by atoms with Crippen molar-refractivity contribution in [3.63, 3.8) is 0 Å². The quantitative estimate of drug-likeness (QED) is 0.755. The van der Waals surface area contributed by atoms with E-state index in [-0.39, 0.29) is 11.5 Å². The highest BCUT2D eigenvalue weighted by Crippen LogP contribution is 2.10. The molecular formula is C18H20N4O2. The number of nitrogens with one attached hydrogen (secondary N) is 2. The van der Waals surface area contributed by atoms with E-state index in [1.54, 1.807) is 0 Å². The van der Waals surface area contributed by atoms with Gasteiger partial charge >= 0.3 is 0 Å². The van der Waals surface area contributed by atoms with Crippen molar-refractivity contribution in [1.29, 1.82) is 0 Å². The van der Waals surface area contributed by atoms with E-state index in [0.29, 0.717) is 35.4 Å². The zero-order chi connectivity index (χ0) is 17.1. The average Bonchev–Trinajstić information content (AvgIpc) is 3.01. The fourth-order valence-corrected chi connectivity index (χ4v) is 2.73. The summed E-state index contributed by atoms with van der Waals surface area (Å²) in [6, 6.07) is 9.66. The van der Waals surface area contributed by atoms with Crippen LogP contribution >= 0.6 is 0 Å². The Kier molecular flexibility index (Phi) is 4.46. The van der Waals surface area contributed by atoms with Crippen LogP contribution in [0.15, 0.2) is 41.3 Å². The number of aryl methyl sites for hydroxylation is 1. The Balaban J connectivity index is 1.90. The Labute approximate surface area is 139 Å². The number of carbonyl (C=O) groups excluding carboxylic acids is 1. The van der Waals surface area contributed by atoms with E-state index in [1.165, 1.54) is 10.7 Å². The van der Waals surface area contributed by atoms with E-state index in [4.69, 9.17) is 0 Å². The topological polar surface area (TPSA) is 79.3 Å². The Morgan fingerprint density at radius 2 is 2.04 bits per heavy atom. The normalized spacial score (nSPS) is 10.9. The molecule has 2 aromatic heterocycles. The van der Waals surface area contributed by atoms with E-state index >= 15 is 0 Å². The van der Waals surface area contributed by atoms with Gasteiger partial charge in [-0.1, -0.05) is 43.7 Å². The third-order valence-electron chi connectivity index (χ3n) is 4.00. The molecule has 124 valence electrons. The summed E-state index contributed by atoms with van der Waals surface area (Å²) in [6.07, 6.45) is 3.07. The van der Waals surface area contributed by atoms with Crippen molar-refractivity contribution in [2.24, 2.45) is 0 Å². The van der Waals surface area contributed by atoms with Crippen LogP contribution in [0.4, 0.5) is 0 Å². The van der Waals surface area contributed by atoms with Crippen LogP contribution in [0, 0.1) is 6.92 Å². The molecule has 1 aromatic carbocycles. The summed E-state index contributed by atoms with van der Waals surface area (Å²) in [5.74, 6) is -0.257. The maximum absolute atomic E-state index is 12.5. The molecule has 3 aromatic rings. The van der Waals surface area contributed by atoms with Gasteiger partial charge in [-0.3, -0.25) is 14.7 Å². The van der Waals surface area contributed by atoms with Gasteiger partial charge in [0.1, 0.15) is 5.56 Å². The molecule has 3 rings (SSSR count). The van der Waals surface area contributed by atoms with E-state index in [9.17, 15) is 9.59 Å². The minimum Gasteiger partial charge on any atom is -0.348 e. The summed E-state index contributed by atoms with van der Waals surface area (Å²) in [5.41, 5.74) is 2.97. The maximum Gasteiger partial charge on any atom is 0.276 e. The van der Waals surface area contributed by atoms with Crippen molar-refractivity contribution in [2.45, 2.75) is 33.2 Å². The lowest BCUT2D eigenvalue weighted by atomic mass is 10.1. The number of aromatic amines is 1. The minimum atomic E-state index is -0.257. The van der Waals surface area contributed by atoms with Gasteiger partial charge in [0.05, 0.1) is 0 Å². The molecule has 0 saturated carbocycles. The van der Waals surface area contributed by atoms with Gasteiger partial charge in [0, 0.05) is 24.0 Å². The molecule has 0 atom stereocenters. The van der Waals surface area contributed by atoms with Gasteiger partial charge in [0.2, 0.25) is 0 Å². The van der Waals surface area contributed by atoms with Crippen molar-refractivity contribution >= 4 is 11.6 Å². The second-order valence-electron chi connectivity index (χ2n) is 5.75. The van der Waals surface area contributed by atoms with E-state index < -0.39 is 0 Å². The molecule has 0 aliphatic carbocycles. The number of nitrogens with zero attached hydrogens (tertiary/aromatic N) is 2. The third-order valence-corrected chi connectivity index (χ3v) is 4.00. The number of hydrogen-bond acceptors (Lipinski definition) is 3. The molecule has 6 nitrogen and oxygen atoms in total. The van der Waals surface area contributed by atoms with Crippen LogP contribution in [0.2, 0.25) is 0 Å². The summed E-state index contributed by atoms with van der Waals surface area (Å²) in [4.78, 5) is 29.4. The van der Waals surface area contributed by atoms with Crippen molar-refractivity contribution in [2.75, 3.05) is 0 Å². The number of H-pyrrole nitrogens is 1. The highest BCUT2D eigenvalue weighted by molar-refractivity contribution is 5.99. The molecule has 0 bridgehead atoms. The fraction of sp³-hybridized carbons (Fsp3) is 0.278. The summed E-state index contributed by atoms with van der Waals surface area (Å²) in [7, 11) is 0. The molecule has 1 amide bonds. The molecule has 0 spiro atoms. The third kappa shape index (κ3) is 2.95. The van der Waals surface area contributed by atoms with Crippen LogP contribution in [-0.4, -0.2) is 20.5 Å². The second-order valence-corrected chi connectivity index (χ2v) is 5.75. The highest BCUT2D eigenvalue weighted by Gasteiger charge is 2.17. The highest BCUT2D eigenvalue weighted by atomic mass is 16.2. The van der Waals surface area contributed by atoms with Crippen LogP contribution in [0.25, 0.3) is 5.65 Å². The molecule has 0 saturated heterocycles. The predicted molar refractivity (Wildman–Crippen MR) is 92.2 cm³/mol. The molecule has 2 heterocycles. The lowest BCUT2D eigenvalue weighted by Crippen LogP contribution is -2.25. The minimum absolute atomic E-state index is 0.138. The molecule has 0 aliphatic rings. The standard InChI is InChI=1S/C18H20N4O2/c1-3-7-14-12(2)21-16-15(11-20-22(16)18(14)24)17(23)19-10-13-8-5-4-6-9-13/h4-6,8-9,11,20H,3,7,10H2,1-2H3,(H,19,23). The number of hydrogen-bond donors (Lipinski definition) is 2. The van der Waals surface area contributed by atoms with Crippen molar-refractivity contribution in [3.05, 3.63) is 69.3 Å². The molecule has 0 unspecified atom stereocenters. The lowest BCUT2D eigenvalue weighted by molar-refractivity contribution is 0.0952. The summed E-state index contributed by atoms with van der Waals surface area (Å²) in [6.45, 7) is 4.25. The first kappa shape index (κ1) is 16.0. The summed E-state index contributed by atoms with van der Waals surface area (Å²) >= 11 is 0. The van der Waals surface area contributed by atoms with E-state index in [1.807, 2.05) is 44.2 Å². The van der Waals surface area contributed by atoms with E-state index in [0.717, 1.165) is 12.0 Å². The summed E-state index contributed by atoms with van der Waals surface area (Å²) in [5, 5.41) is 5.70. The second kappa shape index (κ2) is 6.70. The van der Waals surface area contributed by atoms with Gasteiger partial charge in [-0.25, -0.2) is 9.50 Å². The van der Waals surface area contributed by atoms with Crippen molar-refractivity contribution < 1.29 is 4.79 Å². The maximum atomic E-state index is 12.5. The molecule has 6 heteroatoms. The van der Waals surface area contributed by atoms with Crippen LogP contribution in [0.5, 0.6) is 0 Å². The Bertz CT molecular complexity index is 925. The van der Waals surface area contributed by atoms with Gasteiger partial charge in [0.25, 0.3) is 11.5 Å². The van der Waals surface area contributed by atoms with Crippen molar-refractivity contribution in [1.82, 2.24) is 19.9 Å². The number of amides is 1. The molecular weight excluding hydrogens is 304 g/mol. The van der Waals surface area contributed by atoms with Gasteiger partial charge in [-0.15, -0.1) is 0 Å². The van der Waals surface area contributed by atoms with Gasteiger partial charge in [0.15, 0.2) is 5.65 Å². The smallest absolute Gasteiger partial charge is 0.276 e. The zero-order valence-electron chi connectivity index (χ0n) is 13.8. The fourth-order valence-electron chi connectivity index (χ4n) is 2.73. The summed E-state index contributed by atoms with van der Waals surface area (Å²) < 4.78 is 1.34. The SMILES string of the molecule is CCCc1c(C)nc2c(C(=O)NCc3ccccc3)c[nH]n2c1=O. The molecule has 0 aliphatic heterocycles. The Hall–Kier alpha value is -2.89. The lowest BCUT2D eigenvalue weighted by Gasteiger charge is -2.06. The number of fused-ring (bicyclic) bond motifs is 1.